The first kappa shape index (κ1) is 16.8. The number of nitrogens with zero attached hydrogens (tertiary/aromatic N) is 2. The Morgan fingerprint density at radius 1 is 1.24 bits per heavy atom. The fraction of sp³-hybridized carbons (Fsp3) is 0.176. The van der Waals surface area contributed by atoms with Crippen molar-refractivity contribution in [3.63, 3.8) is 0 Å². The van der Waals surface area contributed by atoms with Gasteiger partial charge in [0.2, 0.25) is 5.91 Å². The first-order valence-electron chi connectivity index (χ1n) is 7.61. The number of anilines is 1. The van der Waals surface area contributed by atoms with Gasteiger partial charge in [-0.15, -0.1) is 16.4 Å². The fourth-order valence-corrected chi connectivity index (χ4v) is 2.77. The molecule has 2 aromatic heterocycles. The zero-order valence-corrected chi connectivity index (χ0v) is 14.2. The van der Waals surface area contributed by atoms with Crippen LogP contribution in [0.1, 0.15) is 23.7 Å². The van der Waals surface area contributed by atoms with Crippen molar-refractivity contribution >= 4 is 28.7 Å². The van der Waals surface area contributed by atoms with Crippen LogP contribution in [0.15, 0.2) is 51.0 Å². The zero-order chi connectivity index (χ0) is 17.8. The van der Waals surface area contributed by atoms with E-state index in [1.807, 2.05) is 11.4 Å². The maximum absolute atomic E-state index is 12.3. The van der Waals surface area contributed by atoms with Crippen LogP contribution in [0, 0.1) is 0 Å². The Hall–Kier alpha value is -3.00. The van der Waals surface area contributed by atoms with E-state index >= 15 is 0 Å². The van der Waals surface area contributed by atoms with Gasteiger partial charge in [-0.3, -0.25) is 9.59 Å². The Kier molecular flexibility index (Phi) is 4.90. The van der Waals surface area contributed by atoms with Gasteiger partial charge in [-0.1, -0.05) is 13.0 Å². The molecule has 7 nitrogen and oxygen atoms in total. The van der Waals surface area contributed by atoms with Crippen molar-refractivity contribution in [3.8, 4) is 10.8 Å². The van der Waals surface area contributed by atoms with Crippen LogP contribution in [0.4, 0.5) is 5.69 Å². The van der Waals surface area contributed by atoms with Gasteiger partial charge in [-0.2, -0.15) is 4.68 Å². The molecule has 0 unspecified atom stereocenters. The summed E-state index contributed by atoms with van der Waals surface area (Å²) in [5.41, 5.74) is 1.03. The summed E-state index contributed by atoms with van der Waals surface area (Å²) in [5.74, 6) is -0.857. The smallest absolute Gasteiger partial charge is 0.387 e. The van der Waals surface area contributed by atoms with Crippen molar-refractivity contribution < 1.29 is 14.0 Å². The van der Waals surface area contributed by atoms with Gasteiger partial charge in [0.1, 0.15) is 6.54 Å². The molecule has 128 valence electrons. The summed E-state index contributed by atoms with van der Waals surface area (Å²) in [5, 5.41) is 8.61. The van der Waals surface area contributed by atoms with Gasteiger partial charge in [0.05, 0.1) is 4.88 Å². The normalized spacial score (nSPS) is 10.6. The standard InChI is InChI=1S/C17H15N3O4S/c1-2-15(22)18-12-7-5-11(6-8-12)13(21)10-20-17(23)24-16(19-20)14-4-3-9-25-14/h3-9H,2,10H2,1H3,(H,18,22). The molecular weight excluding hydrogens is 342 g/mol. The highest BCUT2D eigenvalue weighted by molar-refractivity contribution is 7.13. The van der Waals surface area contributed by atoms with Crippen molar-refractivity contribution in [1.82, 2.24) is 9.78 Å². The number of benzene rings is 1. The van der Waals surface area contributed by atoms with E-state index in [4.69, 9.17) is 4.42 Å². The zero-order valence-electron chi connectivity index (χ0n) is 13.4. The van der Waals surface area contributed by atoms with E-state index < -0.39 is 5.76 Å². The number of hydrogen-bond donors (Lipinski definition) is 1. The quantitative estimate of drug-likeness (QED) is 0.685. The molecule has 1 aromatic carbocycles. The third-order valence-electron chi connectivity index (χ3n) is 3.44. The molecule has 8 heteroatoms. The molecule has 2 heterocycles. The van der Waals surface area contributed by atoms with Gasteiger partial charge >= 0.3 is 5.76 Å². The molecule has 0 bridgehead atoms. The topological polar surface area (TPSA) is 94.2 Å². The molecule has 0 fully saturated rings. The van der Waals surface area contributed by atoms with Crippen molar-refractivity contribution in [2.75, 3.05) is 5.32 Å². The lowest BCUT2D eigenvalue weighted by Gasteiger charge is -2.04. The van der Waals surface area contributed by atoms with E-state index in [1.54, 1.807) is 37.3 Å². The monoisotopic (exact) mass is 357 g/mol. The molecule has 0 aliphatic carbocycles. The first-order valence-corrected chi connectivity index (χ1v) is 8.49. The first-order chi connectivity index (χ1) is 12.1. The molecule has 0 saturated carbocycles. The molecule has 1 N–H and O–H groups in total. The Morgan fingerprint density at radius 2 is 2.00 bits per heavy atom. The number of rotatable bonds is 6. The molecule has 0 atom stereocenters. The highest BCUT2D eigenvalue weighted by atomic mass is 32.1. The van der Waals surface area contributed by atoms with Gasteiger partial charge in [0.15, 0.2) is 5.78 Å². The van der Waals surface area contributed by atoms with Crippen LogP contribution in [-0.4, -0.2) is 21.5 Å². The molecule has 0 spiro atoms. The summed E-state index contributed by atoms with van der Waals surface area (Å²) in [6.07, 6.45) is 0.377. The number of amides is 1. The lowest BCUT2D eigenvalue weighted by Crippen LogP contribution is -2.21. The minimum absolute atomic E-state index is 0.102. The molecule has 3 aromatic rings. The average molecular weight is 357 g/mol. The van der Waals surface area contributed by atoms with Crippen LogP contribution in [0.2, 0.25) is 0 Å². The van der Waals surface area contributed by atoms with Gasteiger partial charge in [-0.25, -0.2) is 4.79 Å². The van der Waals surface area contributed by atoms with Gasteiger partial charge in [-0.05, 0) is 35.7 Å². The van der Waals surface area contributed by atoms with Crippen LogP contribution in [0.3, 0.4) is 0 Å². The molecule has 0 aliphatic rings. The van der Waals surface area contributed by atoms with Crippen LogP contribution in [-0.2, 0) is 11.3 Å². The summed E-state index contributed by atoms with van der Waals surface area (Å²) >= 11 is 1.39. The van der Waals surface area contributed by atoms with Crippen LogP contribution in [0.25, 0.3) is 10.8 Å². The second-order valence-electron chi connectivity index (χ2n) is 5.21. The maximum Gasteiger partial charge on any atom is 0.437 e. The number of carbonyl (C=O) groups excluding carboxylic acids is 2. The average Bonchev–Trinajstić information content (AvgIpc) is 3.26. The number of hydrogen-bond acceptors (Lipinski definition) is 6. The van der Waals surface area contributed by atoms with E-state index in [1.165, 1.54) is 11.3 Å². The van der Waals surface area contributed by atoms with Gasteiger partial charge in [0, 0.05) is 17.7 Å². The summed E-state index contributed by atoms with van der Waals surface area (Å²) in [6, 6.07) is 10.1. The predicted octanol–water partition coefficient (Wildman–Crippen LogP) is 2.80. The molecule has 25 heavy (non-hydrogen) atoms. The van der Waals surface area contributed by atoms with Crippen LogP contribution >= 0.6 is 11.3 Å². The Morgan fingerprint density at radius 3 is 2.64 bits per heavy atom. The van der Waals surface area contributed by atoms with E-state index in [-0.39, 0.29) is 24.1 Å². The van der Waals surface area contributed by atoms with E-state index in [2.05, 4.69) is 10.4 Å². The van der Waals surface area contributed by atoms with Crippen molar-refractivity contribution in [2.24, 2.45) is 0 Å². The largest absolute Gasteiger partial charge is 0.437 e. The predicted molar refractivity (Wildman–Crippen MR) is 93.8 cm³/mol. The Labute approximate surface area is 146 Å². The molecule has 1 amide bonds. The number of nitrogens with one attached hydrogen (secondary N) is 1. The lowest BCUT2D eigenvalue weighted by molar-refractivity contribution is -0.115. The molecular formula is C17H15N3O4S. The molecule has 3 rings (SSSR count). The number of aromatic nitrogens is 2. The third-order valence-corrected chi connectivity index (χ3v) is 4.30. The summed E-state index contributed by atoms with van der Waals surface area (Å²) < 4.78 is 6.08. The number of Topliss-reactive ketones (excluding diaryl/α,β-unsaturated/α-hetero) is 1. The minimum atomic E-state index is -0.677. The minimum Gasteiger partial charge on any atom is -0.387 e. The third kappa shape index (κ3) is 3.92. The second kappa shape index (κ2) is 7.27. The van der Waals surface area contributed by atoms with E-state index in [9.17, 15) is 14.4 Å². The second-order valence-corrected chi connectivity index (χ2v) is 6.16. The fourth-order valence-electron chi connectivity index (χ4n) is 2.12. The highest BCUT2D eigenvalue weighted by Crippen LogP contribution is 2.21. The number of thiophene rings is 1. The maximum atomic E-state index is 12.3. The number of ketones is 1. The van der Waals surface area contributed by atoms with Gasteiger partial charge in [0.25, 0.3) is 5.89 Å². The van der Waals surface area contributed by atoms with Crippen molar-refractivity contribution in [2.45, 2.75) is 19.9 Å². The summed E-state index contributed by atoms with van der Waals surface area (Å²) in [6.45, 7) is 1.54. The highest BCUT2D eigenvalue weighted by Gasteiger charge is 2.15. The SMILES string of the molecule is CCC(=O)Nc1ccc(C(=O)Cn2nc(-c3cccs3)oc2=O)cc1. The molecule has 0 saturated heterocycles. The van der Waals surface area contributed by atoms with Crippen LogP contribution in [0.5, 0.6) is 0 Å². The Bertz CT molecular complexity index is 939. The summed E-state index contributed by atoms with van der Waals surface area (Å²) in [7, 11) is 0. The van der Waals surface area contributed by atoms with Crippen LogP contribution < -0.4 is 11.1 Å². The lowest BCUT2D eigenvalue weighted by atomic mass is 10.1. The summed E-state index contributed by atoms with van der Waals surface area (Å²) in [4.78, 5) is 36.2. The van der Waals surface area contributed by atoms with Crippen molar-refractivity contribution in [3.05, 3.63) is 57.9 Å². The van der Waals surface area contributed by atoms with E-state index in [0.29, 0.717) is 17.7 Å². The Balaban J connectivity index is 1.72. The number of carbonyl (C=O) groups is 2. The molecule has 0 aliphatic heterocycles. The van der Waals surface area contributed by atoms with E-state index in [0.717, 1.165) is 9.56 Å². The van der Waals surface area contributed by atoms with Gasteiger partial charge < -0.3 is 9.73 Å². The molecule has 0 radical (unpaired) electrons. The van der Waals surface area contributed by atoms with Crippen molar-refractivity contribution in [1.29, 1.82) is 0 Å².